The molecule has 0 aliphatic rings. The first kappa shape index (κ1) is 17.3. The summed E-state index contributed by atoms with van der Waals surface area (Å²) >= 11 is 1.53. The van der Waals surface area contributed by atoms with Crippen molar-refractivity contribution in [2.75, 3.05) is 20.8 Å². The maximum Gasteiger partial charge on any atom is 0.190 e. The highest BCUT2D eigenvalue weighted by atomic mass is 32.1. The van der Waals surface area contributed by atoms with Crippen LogP contribution in [-0.2, 0) is 6.54 Å². The average molecular weight is 356 g/mol. The second kappa shape index (κ2) is 8.00. The van der Waals surface area contributed by atoms with E-state index in [1.54, 1.807) is 14.2 Å². The molecule has 5 nitrogen and oxygen atoms in total. The van der Waals surface area contributed by atoms with Crippen molar-refractivity contribution in [3.63, 3.8) is 0 Å². The summed E-state index contributed by atoms with van der Waals surface area (Å²) in [5.41, 5.74) is 2.77. The third kappa shape index (κ3) is 3.75. The van der Waals surface area contributed by atoms with Crippen molar-refractivity contribution >= 4 is 17.0 Å². The Morgan fingerprint density at radius 1 is 1.08 bits per heavy atom. The van der Waals surface area contributed by atoms with Gasteiger partial charge >= 0.3 is 0 Å². The fraction of sp³-hybridized carbons (Fsp3) is 0.211. The van der Waals surface area contributed by atoms with Crippen LogP contribution in [0.2, 0.25) is 0 Å². The van der Waals surface area contributed by atoms with Crippen molar-refractivity contribution < 1.29 is 14.6 Å². The summed E-state index contributed by atoms with van der Waals surface area (Å²) in [4.78, 5) is 5.54. The lowest BCUT2D eigenvalue weighted by molar-refractivity contribution is 0.275. The molecule has 25 heavy (non-hydrogen) atoms. The smallest absolute Gasteiger partial charge is 0.190 e. The van der Waals surface area contributed by atoms with Gasteiger partial charge in [0, 0.05) is 17.5 Å². The summed E-state index contributed by atoms with van der Waals surface area (Å²) in [7, 11) is 3.28. The van der Waals surface area contributed by atoms with Crippen LogP contribution in [0, 0.1) is 0 Å². The third-order valence-corrected chi connectivity index (χ3v) is 4.65. The van der Waals surface area contributed by atoms with Crippen LogP contribution in [0.4, 0.5) is 5.69 Å². The minimum atomic E-state index is 0.0345. The molecule has 0 spiro atoms. The zero-order valence-corrected chi connectivity index (χ0v) is 15.0. The zero-order valence-electron chi connectivity index (χ0n) is 14.2. The molecule has 0 unspecified atom stereocenters. The van der Waals surface area contributed by atoms with Crippen LogP contribution in [-0.4, -0.2) is 30.5 Å². The molecule has 0 aliphatic heterocycles. The predicted octanol–water partition coefficient (Wildman–Crippen LogP) is 3.46. The summed E-state index contributed by atoms with van der Waals surface area (Å²) in [6.45, 7) is 0.497. The van der Waals surface area contributed by atoms with Crippen molar-refractivity contribution in [3.8, 4) is 22.8 Å². The van der Waals surface area contributed by atoms with Gasteiger partial charge in [0.1, 0.15) is 17.2 Å². The van der Waals surface area contributed by atoms with E-state index < -0.39 is 0 Å². The van der Waals surface area contributed by atoms with Gasteiger partial charge in [-0.1, -0.05) is 24.3 Å². The second-order valence-corrected chi connectivity index (χ2v) is 6.13. The van der Waals surface area contributed by atoms with Crippen molar-refractivity contribution in [3.05, 3.63) is 58.7 Å². The number of rotatable bonds is 6. The van der Waals surface area contributed by atoms with Crippen LogP contribution in [0.3, 0.4) is 0 Å². The molecule has 1 N–H and O–H groups in total. The molecule has 1 aromatic heterocycles. The van der Waals surface area contributed by atoms with E-state index in [1.807, 2.05) is 58.5 Å². The van der Waals surface area contributed by atoms with E-state index in [4.69, 9.17) is 14.5 Å². The number of nitrogens with zero attached hydrogens (tertiary/aromatic N) is 2. The van der Waals surface area contributed by atoms with Crippen molar-refractivity contribution in [1.82, 2.24) is 4.57 Å². The lowest BCUT2D eigenvalue weighted by Crippen LogP contribution is -2.18. The van der Waals surface area contributed by atoms with Gasteiger partial charge in [0.2, 0.25) is 0 Å². The quantitative estimate of drug-likeness (QED) is 0.736. The van der Waals surface area contributed by atoms with E-state index in [1.165, 1.54) is 11.3 Å². The van der Waals surface area contributed by atoms with E-state index >= 15 is 0 Å². The standard InChI is InChI=1S/C19H20N2O3S/c1-23-15-7-5-6-14(12-15)17-13-25-19(21(17)10-11-22)20-16-8-3-4-9-18(16)24-2/h3-9,12-13,22H,10-11H2,1-2H3. The van der Waals surface area contributed by atoms with Gasteiger partial charge in [-0.2, -0.15) is 0 Å². The Morgan fingerprint density at radius 3 is 2.68 bits per heavy atom. The van der Waals surface area contributed by atoms with Crippen LogP contribution in [0.25, 0.3) is 11.3 Å². The maximum absolute atomic E-state index is 9.49. The number of ether oxygens (including phenoxy) is 2. The Labute approximate surface area is 150 Å². The van der Waals surface area contributed by atoms with Gasteiger partial charge in [0.15, 0.2) is 4.80 Å². The van der Waals surface area contributed by atoms with Crippen LogP contribution < -0.4 is 14.3 Å². The summed E-state index contributed by atoms with van der Waals surface area (Å²) in [5.74, 6) is 1.51. The minimum Gasteiger partial charge on any atom is -0.497 e. The lowest BCUT2D eigenvalue weighted by atomic mass is 10.1. The largest absolute Gasteiger partial charge is 0.497 e. The lowest BCUT2D eigenvalue weighted by Gasteiger charge is -2.09. The molecular formula is C19H20N2O3S. The first-order valence-electron chi connectivity index (χ1n) is 7.88. The Balaban J connectivity index is 2.13. The predicted molar refractivity (Wildman–Crippen MR) is 99.6 cm³/mol. The van der Waals surface area contributed by atoms with Gasteiger partial charge < -0.3 is 19.1 Å². The molecule has 0 aliphatic carbocycles. The molecule has 1 heterocycles. The van der Waals surface area contributed by atoms with Crippen LogP contribution in [0.15, 0.2) is 58.9 Å². The number of aliphatic hydroxyl groups is 1. The van der Waals surface area contributed by atoms with Crippen LogP contribution >= 0.6 is 11.3 Å². The summed E-state index contributed by atoms with van der Waals surface area (Å²) < 4.78 is 12.7. The van der Waals surface area contributed by atoms with E-state index in [2.05, 4.69) is 0 Å². The van der Waals surface area contributed by atoms with Crippen molar-refractivity contribution in [2.24, 2.45) is 4.99 Å². The maximum atomic E-state index is 9.49. The molecule has 0 amide bonds. The Bertz CT molecular complexity index is 915. The number of aliphatic hydroxyl groups excluding tert-OH is 1. The topological polar surface area (TPSA) is 56.0 Å². The first-order chi connectivity index (χ1) is 12.3. The minimum absolute atomic E-state index is 0.0345. The summed E-state index contributed by atoms with van der Waals surface area (Å²) in [6.07, 6.45) is 0. The highest BCUT2D eigenvalue weighted by Gasteiger charge is 2.09. The van der Waals surface area contributed by atoms with E-state index in [0.717, 1.165) is 33.2 Å². The van der Waals surface area contributed by atoms with Gasteiger partial charge in [0.25, 0.3) is 0 Å². The summed E-state index contributed by atoms with van der Waals surface area (Å²) in [6, 6.07) is 15.5. The molecule has 0 saturated heterocycles. The summed E-state index contributed by atoms with van der Waals surface area (Å²) in [5, 5.41) is 11.5. The molecule has 3 aromatic rings. The fourth-order valence-corrected chi connectivity index (χ4v) is 3.52. The second-order valence-electron chi connectivity index (χ2n) is 5.29. The Hall–Kier alpha value is -2.57. The Morgan fingerprint density at radius 2 is 1.92 bits per heavy atom. The normalized spacial score (nSPS) is 11.6. The molecule has 0 saturated carbocycles. The van der Waals surface area contributed by atoms with Gasteiger partial charge in [-0.15, -0.1) is 11.3 Å². The van der Waals surface area contributed by atoms with Gasteiger partial charge in [-0.25, -0.2) is 4.99 Å². The highest BCUT2D eigenvalue weighted by molar-refractivity contribution is 7.07. The molecule has 0 bridgehead atoms. The monoisotopic (exact) mass is 356 g/mol. The van der Waals surface area contributed by atoms with Gasteiger partial charge in [0.05, 0.1) is 26.5 Å². The zero-order chi connectivity index (χ0) is 17.6. The van der Waals surface area contributed by atoms with Crippen LogP contribution in [0.1, 0.15) is 0 Å². The molecule has 130 valence electrons. The van der Waals surface area contributed by atoms with Crippen molar-refractivity contribution in [2.45, 2.75) is 6.54 Å². The molecule has 0 radical (unpaired) electrons. The number of aromatic nitrogens is 1. The van der Waals surface area contributed by atoms with Gasteiger partial charge in [-0.3, -0.25) is 0 Å². The number of hydrogen-bond donors (Lipinski definition) is 1. The number of hydrogen-bond acceptors (Lipinski definition) is 5. The highest BCUT2D eigenvalue weighted by Crippen LogP contribution is 2.27. The third-order valence-electron chi connectivity index (χ3n) is 3.79. The number of para-hydroxylation sites is 2. The van der Waals surface area contributed by atoms with E-state index in [9.17, 15) is 5.11 Å². The molecule has 0 fully saturated rings. The molecule has 0 atom stereocenters. The molecule has 6 heteroatoms. The van der Waals surface area contributed by atoms with E-state index in [0.29, 0.717) is 6.54 Å². The van der Waals surface area contributed by atoms with Gasteiger partial charge in [-0.05, 0) is 24.3 Å². The first-order valence-corrected chi connectivity index (χ1v) is 8.76. The number of methoxy groups -OCH3 is 2. The fourth-order valence-electron chi connectivity index (χ4n) is 2.57. The van der Waals surface area contributed by atoms with Crippen LogP contribution in [0.5, 0.6) is 11.5 Å². The SMILES string of the molecule is COc1cccc(-c2csc(=Nc3ccccc3OC)n2CCO)c1. The number of benzene rings is 2. The molecule has 3 rings (SSSR count). The number of thiazole rings is 1. The average Bonchev–Trinajstić information content (AvgIpc) is 3.05. The van der Waals surface area contributed by atoms with Crippen molar-refractivity contribution in [1.29, 1.82) is 0 Å². The molecule has 2 aromatic carbocycles. The molecular weight excluding hydrogens is 336 g/mol. The van der Waals surface area contributed by atoms with E-state index in [-0.39, 0.29) is 6.61 Å². The Kier molecular flexibility index (Phi) is 5.53.